The monoisotopic (exact) mass is 395 g/mol. The summed E-state index contributed by atoms with van der Waals surface area (Å²) in [6, 6.07) is 8.15. The van der Waals surface area contributed by atoms with Crippen LogP contribution < -0.4 is 10.2 Å². The smallest absolute Gasteiger partial charge is 0.243 e. The molecule has 1 aliphatic heterocycles. The van der Waals surface area contributed by atoms with Gasteiger partial charge < -0.3 is 10.2 Å². The van der Waals surface area contributed by atoms with Crippen molar-refractivity contribution in [2.75, 3.05) is 42.9 Å². The number of nitrogens with one attached hydrogen (secondary N) is 1. The van der Waals surface area contributed by atoms with Crippen LogP contribution in [-0.2, 0) is 10.0 Å². The third-order valence-electron chi connectivity index (χ3n) is 4.17. The van der Waals surface area contributed by atoms with Gasteiger partial charge >= 0.3 is 0 Å². The molecule has 7 nitrogen and oxygen atoms in total. The number of benzene rings is 1. The van der Waals surface area contributed by atoms with Gasteiger partial charge in [0.2, 0.25) is 16.0 Å². The molecule has 140 valence electrons. The van der Waals surface area contributed by atoms with E-state index < -0.39 is 10.0 Å². The van der Waals surface area contributed by atoms with E-state index in [0.717, 1.165) is 18.1 Å². The molecule has 1 fully saturated rings. The SMILES string of the molecule is CCNc1cc(C)nc(N2CCN(S(=O)(=O)c3ccc(Cl)cc3)CC2)n1. The Morgan fingerprint density at radius 1 is 1.12 bits per heavy atom. The van der Waals surface area contributed by atoms with Crippen molar-refractivity contribution in [1.29, 1.82) is 0 Å². The van der Waals surface area contributed by atoms with Crippen molar-refractivity contribution in [1.82, 2.24) is 14.3 Å². The largest absolute Gasteiger partial charge is 0.370 e. The van der Waals surface area contributed by atoms with Crippen LogP contribution in [0.1, 0.15) is 12.6 Å². The predicted molar refractivity (Wildman–Crippen MR) is 103 cm³/mol. The van der Waals surface area contributed by atoms with Crippen LogP contribution in [0.2, 0.25) is 5.02 Å². The van der Waals surface area contributed by atoms with Gasteiger partial charge in [-0.2, -0.15) is 9.29 Å². The molecule has 1 aromatic heterocycles. The first-order chi connectivity index (χ1) is 12.4. The number of anilines is 2. The minimum Gasteiger partial charge on any atom is -0.370 e. The Morgan fingerprint density at radius 3 is 2.38 bits per heavy atom. The van der Waals surface area contributed by atoms with E-state index in [9.17, 15) is 8.42 Å². The summed E-state index contributed by atoms with van der Waals surface area (Å²) in [5, 5.41) is 3.71. The van der Waals surface area contributed by atoms with E-state index >= 15 is 0 Å². The summed E-state index contributed by atoms with van der Waals surface area (Å²) in [5.41, 5.74) is 0.877. The van der Waals surface area contributed by atoms with Crippen molar-refractivity contribution in [2.24, 2.45) is 0 Å². The van der Waals surface area contributed by atoms with E-state index in [2.05, 4.69) is 15.3 Å². The Hall–Kier alpha value is -1.90. The number of rotatable bonds is 5. The minimum atomic E-state index is -3.51. The van der Waals surface area contributed by atoms with E-state index in [4.69, 9.17) is 11.6 Å². The number of hydrogen-bond donors (Lipinski definition) is 1. The van der Waals surface area contributed by atoms with Crippen LogP contribution in [0.4, 0.5) is 11.8 Å². The van der Waals surface area contributed by atoms with Gasteiger partial charge in [-0.3, -0.25) is 0 Å². The van der Waals surface area contributed by atoms with Gasteiger partial charge in [0.1, 0.15) is 5.82 Å². The van der Waals surface area contributed by atoms with Gasteiger partial charge in [0.25, 0.3) is 0 Å². The second-order valence-electron chi connectivity index (χ2n) is 6.07. The van der Waals surface area contributed by atoms with Gasteiger partial charge in [-0.1, -0.05) is 11.6 Å². The van der Waals surface area contributed by atoms with Gasteiger partial charge in [-0.15, -0.1) is 0 Å². The third-order valence-corrected chi connectivity index (χ3v) is 6.34. The third kappa shape index (κ3) is 4.08. The highest BCUT2D eigenvalue weighted by Crippen LogP contribution is 2.21. The van der Waals surface area contributed by atoms with Crippen LogP contribution >= 0.6 is 11.6 Å². The summed E-state index contributed by atoms with van der Waals surface area (Å²) >= 11 is 5.85. The Balaban J connectivity index is 1.72. The lowest BCUT2D eigenvalue weighted by atomic mass is 10.3. The molecule has 9 heteroatoms. The molecule has 0 spiro atoms. The van der Waals surface area contributed by atoms with E-state index in [-0.39, 0.29) is 4.90 Å². The second-order valence-corrected chi connectivity index (χ2v) is 8.44. The zero-order valence-corrected chi connectivity index (χ0v) is 16.4. The van der Waals surface area contributed by atoms with Crippen molar-refractivity contribution in [3.05, 3.63) is 41.0 Å². The standard InChI is InChI=1S/C17H22ClN5O2S/c1-3-19-16-12-13(2)20-17(21-16)22-8-10-23(11-9-22)26(24,25)15-6-4-14(18)5-7-15/h4-7,12H,3,8-11H2,1-2H3,(H,19,20,21). The van der Waals surface area contributed by atoms with Crippen molar-refractivity contribution in [2.45, 2.75) is 18.7 Å². The molecule has 0 aliphatic carbocycles. The van der Waals surface area contributed by atoms with Gasteiger partial charge in [0.15, 0.2) is 0 Å². The molecule has 0 atom stereocenters. The highest BCUT2D eigenvalue weighted by Gasteiger charge is 2.29. The molecule has 26 heavy (non-hydrogen) atoms. The average Bonchev–Trinajstić information content (AvgIpc) is 2.62. The lowest BCUT2D eigenvalue weighted by Gasteiger charge is -2.34. The van der Waals surface area contributed by atoms with E-state index in [1.165, 1.54) is 16.4 Å². The first kappa shape index (κ1) is 18.9. The first-order valence-electron chi connectivity index (χ1n) is 8.50. The highest BCUT2D eigenvalue weighted by molar-refractivity contribution is 7.89. The molecular weight excluding hydrogens is 374 g/mol. The summed E-state index contributed by atoms with van der Waals surface area (Å²) in [6.07, 6.45) is 0. The quantitative estimate of drug-likeness (QED) is 0.837. The Bertz CT molecular complexity index is 865. The van der Waals surface area contributed by atoms with E-state index in [1.54, 1.807) is 12.1 Å². The summed E-state index contributed by atoms with van der Waals surface area (Å²) in [6.45, 7) is 6.58. The number of sulfonamides is 1. The van der Waals surface area contributed by atoms with Crippen LogP contribution in [0.25, 0.3) is 0 Å². The topological polar surface area (TPSA) is 78.4 Å². The molecule has 1 aliphatic rings. The van der Waals surface area contributed by atoms with Gasteiger partial charge in [-0.05, 0) is 38.1 Å². The van der Waals surface area contributed by atoms with Crippen LogP contribution in [-0.4, -0.2) is 55.4 Å². The van der Waals surface area contributed by atoms with Crippen LogP contribution in [0.3, 0.4) is 0 Å². The fourth-order valence-electron chi connectivity index (χ4n) is 2.85. The Morgan fingerprint density at radius 2 is 1.77 bits per heavy atom. The van der Waals surface area contributed by atoms with E-state index in [1.807, 2.05) is 24.8 Å². The maximum atomic E-state index is 12.8. The van der Waals surface area contributed by atoms with Gasteiger partial charge in [0, 0.05) is 49.5 Å². The molecule has 3 rings (SSSR count). The van der Waals surface area contributed by atoms with Gasteiger partial charge in [0.05, 0.1) is 4.90 Å². The summed E-state index contributed by atoms with van der Waals surface area (Å²) < 4.78 is 27.0. The molecule has 0 amide bonds. The molecular formula is C17H22ClN5O2S. The van der Waals surface area contributed by atoms with Crippen LogP contribution in [0, 0.1) is 6.92 Å². The van der Waals surface area contributed by atoms with Crippen molar-refractivity contribution < 1.29 is 8.42 Å². The molecule has 1 aromatic carbocycles. The van der Waals surface area contributed by atoms with Crippen LogP contribution in [0.5, 0.6) is 0 Å². The number of piperazine rings is 1. The van der Waals surface area contributed by atoms with Gasteiger partial charge in [-0.25, -0.2) is 13.4 Å². The zero-order valence-electron chi connectivity index (χ0n) is 14.8. The molecule has 0 saturated carbocycles. The highest BCUT2D eigenvalue weighted by atomic mass is 35.5. The number of halogens is 1. The molecule has 1 N–H and O–H groups in total. The van der Waals surface area contributed by atoms with Crippen molar-refractivity contribution >= 4 is 33.4 Å². The van der Waals surface area contributed by atoms with Crippen molar-refractivity contribution in [3.8, 4) is 0 Å². The number of aromatic nitrogens is 2. The molecule has 2 heterocycles. The summed E-state index contributed by atoms with van der Waals surface area (Å²) in [4.78, 5) is 11.3. The Kier molecular flexibility index (Phi) is 5.64. The lowest BCUT2D eigenvalue weighted by molar-refractivity contribution is 0.382. The number of nitrogens with zero attached hydrogens (tertiary/aromatic N) is 4. The van der Waals surface area contributed by atoms with Crippen LogP contribution in [0.15, 0.2) is 35.2 Å². The average molecular weight is 396 g/mol. The molecule has 1 saturated heterocycles. The number of aryl methyl sites for hydroxylation is 1. The predicted octanol–water partition coefficient (Wildman–Crippen LogP) is 2.38. The Labute approximate surface area is 159 Å². The maximum Gasteiger partial charge on any atom is 0.243 e. The van der Waals surface area contributed by atoms with E-state index in [0.29, 0.717) is 37.1 Å². The normalized spacial score (nSPS) is 15.9. The molecule has 2 aromatic rings. The summed E-state index contributed by atoms with van der Waals surface area (Å²) in [5.74, 6) is 1.41. The lowest BCUT2D eigenvalue weighted by Crippen LogP contribution is -2.49. The fourth-order valence-corrected chi connectivity index (χ4v) is 4.40. The molecule has 0 bridgehead atoms. The minimum absolute atomic E-state index is 0.261. The second kappa shape index (κ2) is 7.77. The summed E-state index contributed by atoms with van der Waals surface area (Å²) in [7, 11) is -3.51. The number of hydrogen-bond acceptors (Lipinski definition) is 6. The fraction of sp³-hybridized carbons (Fsp3) is 0.412. The van der Waals surface area contributed by atoms with Crippen molar-refractivity contribution in [3.63, 3.8) is 0 Å². The molecule has 0 unspecified atom stereocenters. The maximum absolute atomic E-state index is 12.8. The first-order valence-corrected chi connectivity index (χ1v) is 10.3. The molecule has 0 radical (unpaired) electrons. The zero-order chi connectivity index (χ0) is 18.7.